The number of carbonyl (C=O) groups is 1. The molecule has 1 fully saturated rings. The molecule has 1 aliphatic carbocycles. The van der Waals surface area contributed by atoms with Crippen LogP contribution >= 0.6 is 0 Å². The number of nitrogens with one attached hydrogen (secondary N) is 1. The lowest BCUT2D eigenvalue weighted by Gasteiger charge is -2.26. The van der Waals surface area contributed by atoms with Gasteiger partial charge < -0.3 is 14.8 Å². The lowest BCUT2D eigenvalue weighted by Crippen LogP contribution is -2.29. The van der Waals surface area contributed by atoms with Gasteiger partial charge in [0.2, 0.25) is 0 Å². The van der Waals surface area contributed by atoms with Gasteiger partial charge in [0.05, 0.1) is 5.92 Å². The number of hydrogen-bond donors (Lipinski definition) is 2. The van der Waals surface area contributed by atoms with Gasteiger partial charge in [0.15, 0.2) is 5.58 Å². The molecule has 0 bridgehead atoms. The van der Waals surface area contributed by atoms with Crippen molar-refractivity contribution in [3.63, 3.8) is 0 Å². The Kier molecular flexibility index (Phi) is 3.30. The van der Waals surface area contributed by atoms with Gasteiger partial charge in [-0.1, -0.05) is 0 Å². The van der Waals surface area contributed by atoms with Crippen LogP contribution in [0.2, 0.25) is 0 Å². The van der Waals surface area contributed by atoms with Crippen molar-refractivity contribution in [2.75, 3.05) is 5.32 Å². The molecule has 0 unspecified atom stereocenters. The molecule has 1 aliphatic rings. The first-order valence-electron chi connectivity index (χ1n) is 6.67. The minimum Gasteiger partial charge on any atom is -0.481 e. The number of carboxylic acids is 1. The lowest BCUT2D eigenvalue weighted by molar-refractivity contribution is -0.142. The molecule has 1 saturated carbocycles. The molecule has 5 nitrogen and oxygen atoms in total. The number of fused-ring (bicyclic) bond motifs is 1. The van der Waals surface area contributed by atoms with E-state index in [9.17, 15) is 9.18 Å². The SMILES string of the molecule is O=C(O)C1CCC(Nc2nc3ccc(F)cc3o2)CC1. The maximum atomic E-state index is 13.1. The molecule has 20 heavy (non-hydrogen) atoms. The van der Waals surface area contributed by atoms with Gasteiger partial charge in [-0.15, -0.1) is 0 Å². The standard InChI is InChI=1S/C14H15FN2O3/c15-9-3-6-11-12(7-9)20-14(17-11)16-10-4-1-8(2-5-10)13(18)19/h3,6-8,10H,1-2,4-5H2,(H,16,17)(H,18,19). The maximum absolute atomic E-state index is 13.1. The van der Waals surface area contributed by atoms with Gasteiger partial charge in [-0.25, -0.2) is 4.39 Å². The van der Waals surface area contributed by atoms with E-state index in [2.05, 4.69) is 10.3 Å². The molecule has 1 heterocycles. The van der Waals surface area contributed by atoms with E-state index in [1.54, 1.807) is 6.07 Å². The van der Waals surface area contributed by atoms with Crippen LogP contribution < -0.4 is 5.32 Å². The zero-order valence-corrected chi connectivity index (χ0v) is 10.8. The lowest BCUT2D eigenvalue weighted by atomic mass is 9.86. The third-order valence-electron chi connectivity index (χ3n) is 3.75. The van der Waals surface area contributed by atoms with Crippen molar-refractivity contribution in [2.24, 2.45) is 5.92 Å². The Bertz CT molecular complexity index is 632. The van der Waals surface area contributed by atoms with E-state index >= 15 is 0 Å². The summed E-state index contributed by atoms with van der Waals surface area (Å²) in [7, 11) is 0. The Labute approximate surface area is 114 Å². The predicted molar refractivity (Wildman–Crippen MR) is 71.0 cm³/mol. The Morgan fingerprint density at radius 3 is 2.80 bits per heavy atom. The number of carboxylic acid groups (broad SMARTS) is 1. The molecular formula is C14H15FN2O3. The highest BCUT2D eigenvalue weighted by Crippen LogP contribution is 2.27. The number of anilines is 1. The molecule has 0 saturated heterocycles. The Balaban J connectivity index is 1.66. The summed E-state index contributed by atoms with van der Waals surface area (Å²) in [5.74, 6) is -1.33. The minimum atomic E-state index is -0.721. The highest BCUT2D eigenvalue weighted by atomic mass is 19.1. The van der Waals surface area contributed by atoms with E-state index in [-0.39, 0.29) is 17.8 Å². The van der Waals surface area contributed by atoms with Crippen molar-refractivity contribution in [3.05, 3.63) is 24.0 Å². The molecule has 2 aromatic rings. The number of benzene rings is 1. The van der Waals surface area contributed by atoms with Crippen molar-refractivity contribution in [3.8, 4) is 0 Å². The van der Waals surface area contributed by atoms with Crippen LogP contribution in [0.4, 0.5) is 10.4 Å². The smallest absolute Gasteiger partial charge is 0.306 e. The molecule has 106 valence electrons. The van der Waals surface area contributed by atoms with Crippen LogP contribution in [0.5, 0.6) is 0 Å². The summed E-state index contributed by atoms with van der Waals surface area (Å²) in [4.78, 5) is 15.1. The van der Waals surface area contributed by atoms with Crippen LogP contribution in [0.3, 0.4) is 0 Å². The predicted octanol–water partition coefficient (Wildman–Crippen LogP) is 3.02. The molecule has 6 heteroatoms. The third-order valence-corrected chi connectivity index (χ3v) is 3.75. The van der Waals surface area contributed by atoms with Gasteiger partial charge in [0, 0.05) is 12.1 Å². The molecule has 0 radical (unpaired) electrons. The zero-order chi connectivity index (χ0) is 14.1. The van der Waals surface area contributed by atoms with E-state index in [0.717, 1.165) is 12.8 Å². The normalized spacial score (nSPS) is 22.9. The fraction of sp³-hybridized carbons (Fsp3) is 0.429. The molecule has 0 aliphatic heterocycles. The number of halogens is 1. The van der Waals surface area contributed by atoms with E-state index in [1.807, 2.05) is 0 Å². The van der Waals surface area contributed by atoms with Crippen molar-refractivity contribution >= 4 is 23.1 Å². The second-order valence-corrected chi connectivity index (χ2v) is 5.16. The van der Waals surface area contributed by atoms with Crippen LogP contribution in [-0.4, -0.2) is 22.1 Å². The van der Waals surface area contributed by atoms with E-state index < -0.39 is 5.97 Å². The highest BCUT2D eigenvalue weighted by Gasteiger charge is 2.26. The monoisotopic (exact) mass is 278 g/mol. The topological polar surface area (TPSA) is 75.4 Å². The minimum absolute atomic E-state index is 0.156. The summed E-state index contributed by atoms with van der Waals surface area (Å²) in [6.45, 7) is 0. The molecule has 0 atom stereocenters. The Hall–Kier alpha value is -2.11. The number of nitrogens with zero attached hydrogens (tertiary/aromatic N) is 1. The first-order chi connectivity index (χ1) is 9.61. The fourth-order valence-corrected chi connectivity index (χ4v) is 2.62. The average Bonchev–Trinajstić information content (AvgIpc) is 2.80. The fourth-order valence-electron chi connectivity index (χ4n) is 2.62. The van der Waals surface area contributed by atoms with Gasteiger partial charge in [0.1, 0.15) is 11.3 Å². The number of aliphatic carboxylic acids is 1. The molecule has 0 amide bonds. The van der Waals surface area contributed by atoms with Crippen molar-refractivity contribution in [2.45, 2.75) is 31.7 Å². The quantitative estimate of drug-likeness (QED) is 0.902. The Morgan fingerprint density at radius 1 is 1.35 bits per heavy atom. The van der Waals surface area contributed by atoms with Gasteiger partial charge in [-0.3, -0.25) is 4.79 Å². The third kappa shape index (κ3) is 2.59. The van der Waals surface area contributed by atoms with Gasteiger partial charge in [-0.05, 0) is 37.8 Å². The number of aromatic nitrogens is 1. The molecular weight excluding hydrogens is 263 g/mol. The van der Waals surface area contributed by atoms with Crippen molar-refractivity contribution in [1.82, 2.24) is 4.98 Å². The van der Waals surface area contributed by atoms with Crippen LogP contribution in [0.1, 0.15) is 25.7 Å². The first kappa shape index (κ1) is 12.9. The number of rotatable bonds is 3. The van der Waals surface area contributed by atoms with Crippen LogP contribution in [0, 0.1) is 11.7 Å². The maximum Gasteiger partial charge on any atom is 0.306 e. The second kappa shape index (κ2) is 5.11. The number of hydrogen-bond acceptors (Lipinski definition) is 4. The molecule has 3 rings (SSSR count). The summed E-state index contributed by atoms with van der Waals surface area (Å²) >= 11 is 0. The largest absolute Gasteiger partial charge is 0.481 e. The zero-order valence-electron chi connectivity index (χ0n) is 10.8. The van der Waals surface area contributed by atoms with Crippen molar-refractivity contribution < 1.29 is 18.7 Å². The second-order valence-electron chi connectivity index (χ2n) is 5.16. The summed E-state index contributed by atoms with van der Waals surface area (Å²) in [6, 6.07) is 4.73. The van der Waals surface area contributed by atoms with Crippen LogP contribution in [0.15, 0.2) is 22.6 Å². The molecule has 0 spiro atoms. The molecule has 2 N–H and O–H groups in total. The van der Waals surface area contributed by atoms with Crippen LogP contribution in [-0.2, 0) is 4.79 Å². The highest BCUT2D eigenvalue weighted by molar-refractivity contribution is 5.74. The van der Waals surface area contributed by atoms with E-state index in [4.69, 9.17) is 9.52 Å². The van der Waals surface area contributed by atoms with Gasteiger partial charge in [0.25, 0.3) is 6.01 Å². The van der Waals surface area contributed by atoms with Crippen molar-refractivity contribution in [1.29, 1.82) is 0 Å². The number of oxazole rings is 1. The average molecular weight is 278 g/mol. The van der Waals surface area contributed by atoms with Gasteiger partial charge >= 0.3 is 5.97 Å². The summed E-state index contributed by atoms with van der Waals surface area (Å²) < 4.78 is 18.5. The van der Waals surface area contributed by atoms with Crippen LogP contribution in [0.25, 0.3) is 11.1 Å². The first-order valence-corrected chi connectivity index (χ1v) is 6.67. The van der Waals surface area contributed by atoms with E-state index in [0.29, 0.717) is 30.0 Å². The Morgan fingerprint density at radius 2 is 2.10 bits per heavy atom. The molecule has 1 aromatic heterocycles. The summed E-state index contributed by atoms with van der Waals surface area (Å²) in [6.07, 6.45) is 2.85. The summed E-state index contributed by atoms with van der Waals surface area (Å²) in [5, 5.41) is 12.1. The van der Waals surface area contributed by atoms with E-state index in [1.165, 1.54) is 12.1 Å². The molecule has 1 aromatic carbocycles. The van der Waals surface area contributed by atoms with Gasteiger partial charge in [-0.2, -0.15) is 4.98 Å². The summed E-state index contributed by atoms with van der Waals surface area (Å²) in [5.41, 5.74) is 1.01.